The summed E-state index contributed by atoms with van der Waals surface area (Å²) in [5.41, 5.74) is 5.71. The molecule has 1 aliphatic rings. The second-order valence-electron chi connectivity index (χ2n) is 10.6. The molecule has 0 saturated heterocycles. The van der Waals surface area contributed by atoms with Crippen molar-refractivity contribution in [1.82, 2.24) is 20.9 Å². The maximum Gasteiger partial charge on any atom is 0.255 e. The number of nitrogens with zero attached hydrogens (tertiary/aromatic N) is 1. The smallest absolute Gasteiger partial charge is 0.255 e. The molecule has 2 atom stereocenters. The Kier molecular flexibility index (Phi) is 10.4. The summed E-state index contributed by atoms with van der Waals surface area (Å²) in [7, 11) is 1.50. The molecule has 1 aliphatic heterocycles. The Labute approximate surface area is 238 Å². The van der Waals surface area contributed by atoms with Crippen molar-refractivity contribution in [3.05, 3.63) is 65.5 Å². The summed E-state index contributed by atoms with van der Waals surface area (Å²) >= 11 is 0. The number of rotatable bonds is 6. The van der Waals surface area contributed by atoms with E-state index in [1.54, 1.807) is 36.4 Å². The van der Waals surface area contributed by atoms with Gasteiger partial charge in [0.1, 0.15) is 30.3 Å². The Balaban J connectivity index is 1.84. The van der Waals surface area contributed by atoms with E-state index in [1.807, 2.05) is 13.8 Å². The van der Waals surface area contributed by atoms with E-state index in [4.69, 9.17) is 10.5 Å². The molecular weight excluding hydrogens is 533 g/mol. The maximum absolute atomic E-state index is 13.4. The van der Waals surface area contributed by atoms with Crippen molar-refractivity contribution in [2.75, 3.05) is 26.7 Å². The number of primary amides is 1. The Morgan fingerprint density at radius 3 is 2.46 bits per heavy atom. The zero-order valence-electron chi connectivity index (χ0n) is 23.4. The maximum atomic E-state index is 13.4. The first-order valence-electron chi connectivity index (χ1n) is 13.3. The van der Waals surface area contributed by atoms with Crippen LogP contribution in [0, 0.1) is 5.82 Å². The van der Waals surface area contributed by atoms with Crippen LogP contribution in [0.3, 0.4) is 0 Å². The molecule has 0 aliphatic carbocycles. The number of hydrogen-bond acceptors (Lipinski definition) is 6. The van der Waals surface area contributed by atoms with Crippen molar-refractivity contribution in [2.45, 2.75) is 50.6 Å². The number of likely N-dealkylation sites (N-methyl/N-ethyl adjacent to an activating group) is 1. The van der Waals surface area contributed by atoms with Crippen LogP contribution in [0.1, 0.15) is 49.0 Å². The van der Waals surface area contributed by atoms with E-state index < -0.39 is 53.5 Å². The molecule has 0 bridgehead atoms. The van der Waals surface area contributed by atoms with Crippen LogP contribution >= 0.6 is 0 Å². The molecule has 0 saturated carbocycles. The molecule has 2 aromatic rings. The van der Waals surface area contributed by atoms with E-state index in [0.29, 0.717) is 0 Å². The minimum Gasteiger partial charge on any atom is -0.491 e. The summed E-state index contributed by atoms with van der Waals surface area (Å²) in [5.74, 6) is -3.13. The fourth-order valence-corrected chi connectivity index (χ4v) is 4.33. The number of para-hydroxylation sites is 1. The van der Waals surface area contributed by atoms with Crippen LogP contribution in [0.15, 0.2) is 48.5 Å². The highest BCUT2D eigenvalue weighted by Gasteiger charge is 2.30. The van der Waals surface area contributed by atoms with Gasteiger partial charge in [-0.25, -0.2) is 4.39 Å². The standard InChI is InChI=1S/C29H36FN5O6/c1-29(2,18-8-10-19(30)11-9-18)17-32-27(39)21-12-13-25(37)33-22(16-24(31)36)28(40)35(3)14-15-41-23-7-5-4-6-20(23)26(38)34-21/h4-11,21-22H,12-17H2,1-3H3,(H2,31,36)(H,32,39)(H,33,37)(H,34,38)/t21-,22-/m0/s1. The number of fused-ring (bicyclic) bond motifs is 1. The van der Waals surface area contributed by atoms with E-state index in [9.17, 15) is 28.4 Å². The van der Waals surface area contributed by atoms with Gasteiger partial charge in [-0.1, -0.05) is 38.1 Å². The summed E-state index contributed by atoms with van der Waals surface area (Å²) in [6.45, 7) is 4.05. The summed E-state index contributed by atoms with van der Waals surface area (Å²) in [4.78, 5) is 65.2. The van der Waals surface area contributed by atoms with E-state index in [-0.39, 0.29) is 49.7 Å². The van der Waals surface area contributed by atoms with Crippen LogP contribution in [0.2, 0.25) is 0 Å². The second kappa shape index (κ2) is 13.7. The summed E-state index contributed by atoms with van der Waals surface area (Å²) in [6, 6.07) is 10.1. The van der Waals surface area contributed by atoms with Crippen LogP contribution in [-0.4, -0.2) is 73.3 Å². The van der Waals surface area contributed by atoms with Crippen molar-refractivity contribution in [2.24, 2.45) is 5.73 Å². The van der Waals surface area contributed by atoms with Crippen molar-refractivity contribution in [1.29, 1.82) is 0 Å². The van der Waals surface area contributed by atoms with Gasteiger partial charge < -0.3 is 31.3 Å². The highest BCUT2D eigenvalue weighted by molar-refractivity contribution is 6.00. The lowest BCUT2D eigenvalue weighted by atomic mass is 9.84. The van der Waals surface area contributed by atoms with Gasteiger partial charge >= 0.3 is 0 Å². The van der Waals surface area contributed by atoms with Gasteiger partial charge in [0.2, 0.25) is 23.6 Å². The number of carbonyl (C=O) groups is 5. The quantitative estimate of drug-likeness (QED) is 0.406. The Bertz CT molecular complexity index is 1280. The predicted molar refractivity (Wildman–Crippen MR) is 148 cm³/mol. The summed E-state index contributed by atoms with van der Waals surface area (Å²) in [5, 5.41) is 8.04. The van der Waals surface area contributed by atoms with Crippen LogP contribution in [0.25, 0.3) is 0 Å². The minimum atomic E-state index is -1.19. The molecule has 0 aromatic heterocycles. The van der Waals surface area contributed by atoms with E-state index >= 15 is 0 Å². The first-order valence-corrected chi connectivity index (χ1v) is 13.3. The number of nitrogens with two attached hydrogens (primary N) is 1. The van der Waals surface area contributed by atoms with Gasteiger partial charge in [0.25, 0.3) is 5.91 Å². The molecule has 0 spiro atoms. The first-order chi connectivity index (χ1) is 19.4. The molecule has 5 amide bonds. The number of carbonyl (C=O) groups excluding carboxylic acids is 5. The molecule has 5 N–H and O–H groups in total. The zero-order valence-corrected chi connectivity index (χ0v) is 23.4. The van der Waals surface area contributed by atoms with Crippen molar-refractivity contribution in [3.63, 3.8) is 0 Å². The lowest BCUT2D eigenvalue weighted by Gasteiger charge is -2.27. The summed E-state index contributed by atoms with van der Waals surface area (Å²) < 4.78 is 19.2. The fraction of sp³-hybridized carbons (Fsp3) is 0.414. The highest BCUT2D eigenvalue weighted by Crippen LogP contribution is 2.23. The van der Waals surface area contributed by atoms with Gasteiger partial charge in [-0.3, -0.25) is 24.0 Å². The number of nitrogens with one attached hydrogen (secondary N) is 3. The average molecular weight is 570 g/mol. The molecule has 11 nitrogen and oxygen atoms in total. The second-order valence-corrected chi connectivity index (χ2v) is 10.6. The predicted octanol–water partition coefficient (Wildman–Crippen LogP) is 1.01. The van der Waals surface area contributed by atoms with E-state index in [0.717, 1.165) is 5.56 Å². The molecule has 41 heavy (non-hydrogen) atoms. The summed E-state index contributed by atoms with van der Waals surface area (Å²) in [6.07, 6.45) is -0.738. The minimum absolute atomic E-state index is 0.0200. The van der Waals surface area contributed by atoms with Crippen molar-refractivity contribution < 1.29 is 33.1 Å². The number of benzene rings is 2. The molecule has 3 rings (SSSR count). The van der Waals surface area contributed by atoms with Crippen LogP contribution < -0.4 is 26.4 Å². The van der Waals surface area contributed by atoms with Crippen molar-refractivity contribution in [3.8, 4) is 5.75 Å². The van der Waals surface area contributed by atoms with Gasteiger partial charge in [0.05, 0.1) is 18.5 Å². The first kappa shape index (κ1) is 31.1. The van der Waals surface area contributed by atoms with Crippen LogP contribution in [0.5, 0.6) is 5.75 Å². The SMILES string of the molecule is CN1CCOc2ccccc2C(=O)N[C@H](C(=O)NCC(C)(C)c2ccc(F)cc2)CCC(=O)N[C@@H](CC(N)=O)C1=O. The molecule has 0 unspecified atom stereocenters. The van der Waals surface area contributed by atoms with Crippen molar-refractivity contribution >= 4 is 29.5 Å². The zero-order chi connectivity index (χ0) is 30.2. The third-order valence-electron chi connectivity index (χ3n) is 6.84. The van der Waals surface area contributed by atoms with Gasteiger partial charge in [-0.15, -0.1) is 0 Å². The van der Waals surface area contributed by atoms with Crippen LogP contribution in [0.4, 0.5) is 4.39 Å². The lowest BCUT2D eigenvalue weighted by Crippen LogP contribution is -2.51. The molecular formula is C29H36FN5O6. The largest absolute Gasteiger partial charge is 0.491 e. The number of amides is 5. The van der Waals surface area contributed by atoms with Gasteiger partial charge in [0.15, 0.2) is 0 Å². The fourth-order valence-electron chi connectivity index (χ4n) is 4.33. The number of halogens is 1. The highest BCUT2D eigenvalue weighted by atomic mass is 19.1. The van der Waals surface area contributed by atoms with Gasteiger partial charge in [0, 0.05) is 25.4 Å². The Hall–Kier alpha value is -4.48. The normalized spacial score (nSPS) is 19.0. The molecule has 220 valence electrons. The molecule has 1 heterocycles. The molecule has 12 heteroatoms. The van der Waals surface area contributed by atoms with Gasteiger partial charge in [-0.05, 0) is 36.2 Å². The van der Waals surface area contributed by atoms with Gasteiger partial charge in [-0.2, -0.15) is 0 Å². The Morgan fingerprint density at radius 2 is 1.78 bits per heavy atom. The number of hydrogen-bond donors (Lipinski definition) is 4. The van der Waals surface area contributed by atoms with E-state index in [1.165, 1.54) is 24.1 Å². The number of ether oxygens (including phenoxy) is 1. The monoisotopic (exact) mass is 569 g/mol. The Morgan fingerprint density at radius 1 is 1.10 bits per heavy atom. The average Bonchev–Trinajstić information content (AvgIpc) is 2.93. The third kappa shape index (κ3) is 8.75. The topological polar surface area (TPSA) is 160 Å². The molecule has 0 radical (unpaired) electrons. The third-order valence-corrected chi connectivity index (χ3v) is 6.84. The lowest BCUT2D eigenvalue weighted by molar-refractivity contribution is -0.137. The molecule has 2 aromatic carbocycles. The van der Waals surface area contributed by atoms with Crippen LogP contribution in [-0.2, 0) is 24.6 Å². The molecule has 0 fully saturated rings. The van der Waals surface area contributed by atoms with E-state index in [2.05, 4.69) is 16.0 Å².